The molecule has 0 aliphatic carbocycles. The van der Waals surface area contributed by atoms with Gasteiger partial charge in [-0.15, -0.1) is 0 Å². The smallest absolute Gasteiger partial charge is 0.412 e. The average molecular weight is 388 g/mol. The summed E-state index contributed by atoms with van der Waals surface area (Å²) >= 11 is 6.36. The summed E-state index contributed by atoms with van der Waals surface area (Å²) in [5.74, 6) is 0. The van der Waals surface area contributed by atoms with Gasteiger partial charge in [-0.3, -0.25) is 10.7 Å². The number of ether oxygens (including phenoxy) is 2. The van der Waals surface area contributed by atoms with Crippen molar-refractivity contribution in [2.24, 2.45) is 5.10 Å². The number of nitrogens with one attached hydrogen (secondary N) is 3. The number of aromatic nitrogens is 1. The largest absolute Gasteiger partial charge is 0.450 e. The van der Waals surface area contributed by atoms with E-state index < -0.39 is 6.09 Å². The van der Waals surface area contributed by atoms with Gasteiger partial charge in [-0.2, -0.15) is 9.47 Å². The van der Waals surface area contributed by atoms with Crippen molar-refractivity contribution >= 4 is 45.7 Å². The predicted molar refractivity (Wildman–Crippen MR) is 105 cm³/mol. The minimum Gasteiger partial charge on any atom is -0.450 e. The Morgan fingerprint density at radius 2 is 2.12 bits per heavy atom. The second-order valence-corrected chi connectivity index (χ2v) is 6.11. The van der Waals surface area contributed by atoms with Crippen molar-refractivity contribution in [3.05, 3.63) is 11.3 Å². The molecule has 0 fully saturated rings. The molecule has 1 rings (SSSR count). The fourth-order valence-electron chi connectivity index (χ4n) is 1.89. The Labute approximate surface area is 157 Å². The second-order valence-electron chi connectivity index (χ2n) is 4.93. The molecule has 1 heterocycles. The quantitative estimate of drug-likeness (QED) is 0.259. The van der Waals surface area contributed by atoms with E-state index in [2.05, 4.69) is 25.5 Å². The first-order valence-corrected chi connectivity index (χ1v) is 9.24. The molecule has 10 heteroatoms. The van der Waals surface area contributed by atoms with Gasteiger partial charge in [0.1, 0.15) is 5.00 Å². The summed E-state index contributed by atoms with van der Waals surface area (Å²) in [5, 5.41) is 11.0. The Balaban J connectivity index is 2.59. The fraction of sp³-hybridized carbons (Fsp3) is 0.600. The van der Waals surface area contributed by atoms with Gasteiger partial charge in [0.15, 0.2) is 5.11 Å². The zero-order valence-electron chi connectivity index (χ0n) is 15.0. The Morgan fingerprint density at radius 1 is 1.36 bits per heavy atom. The maximum absolute atomic E-state index is 11.6. The predicted octanol–water partition coefficient (Wildman–Crippen LogP) is 2.63. The van der Waals surface area contributed by atoms with Crippen LogP contribution in [0.2, 0.25) is 0 Å². The van der Waals surface area contributed by atoms with Crippen LogP contribution in [0.5, 0.6) is 0 Å². The van der Waals surface area contributed by atoms with E-state index in [4.69, 9.17) is 21.7 Å². The Bertz CT molecular complexity index is 604. The summed E-state index contributed by atoms with van der Waals surface area (Å²) in [4.78, 5) is 11.6. The maximum atomic E-state index is 11.6. The average Bonchev–Trinajstić information content (AvgIpc) is 2.93. The van der Waals surface area contributed by atoms with E-state index in [1.54, 1.807) is 6.92 Å². The zero-order chi connectivity index (χ0) is 18.7. The van der Waals surface area contributed by atoms with Gasteiger partial charge in [-0.1, -0.05) is 0 Å². The van der Waals surface area contributed by atoms with Crippen molar-refractivity contribution in [3.63, 3.8) is 0 Å². The number of anilines is 1. The standard InChI is InChI=1S/C15H25N5O3S2/c1-5-22-9-7-8-16-14(24)19-18-10(3)12-11(4)20-25-13(12)17-15(21)23-6-2/h5-9H2,1-4H3,(H,17,21)(H2,16,19,24)/b18-10+. The van der Waals surface area contributed by atoms with Crippen LogP contribution in [0, 0.1) is 6.92 Å². The van der Waals surface area contributed by atoms with E-state index in [1.807, 2.05) is 20.8 Å². The molecule has 0 saturated heterocycles. The molecule has 3 N–H and O–H groups in total. The van der Waals surface area contributed by atoms with Gasteiger partial charge in [-0.25, -0.2) is 4.79 Å². The Morgan fingerprint density at radius 3 is 2.80 bits per heavy atom. The highest BCUT2D eigenvalue weighted by molar-refractivity contribution is 7.80. The van der Waals surface area contributed by atoms with Crippen molar-refractivity contribution in [3.8, 4) is 0 Å². The molecule has 0 radical (unpaired) electrons. The van der Waals surface area contributed by atoms with Crippen LogP contribution in [0.1, 0.15) is 38.4 Å². The van der Waals surface area contributed by atoms with Gasteiger partial charge in [0.05, 0.1) is 23.6 Å². The first-order valence-electron chi connectivity index (χ1n) is 8.05. The molecule has 1 amide bonds. The molecule has 0 aromatic carbocycles. The first kappa shape index (κ1) is 21.3. The third-order valence-electron chi connectivity index (χ3n) is 3.00. The number of rotatable bonds is 9. The van der Waals surface area contributed by atoms with Crippen LogP contribution in [0.25, 0.3) is 0 Å². The lowest BCUT2D eigenvalue weighted by atomic mass is 10.2. The summed E-state index contributed by atoms with van der Waals surface area (Å²) in [6.45, 7) is 9.79. The Hall–Kier alpha value is -1.78. The lowest BCUT2D eigenvalue weighted by Gasteiger charge is -2.09. The van der Waals surface area contributed by atoms with Crippen molar-refractivity contribution in [1.82, 2.24) is 15.1 Å². The van der Waals surface area contributed by atoms with Crippen LogP contribution in [0.3, 0.4) is 0 Å². The normalized spacial score (nSPS) is 11.1. The first-order chi connectivity index (χ1) is 12.0. The molecular weight excluding hydrogens is 362 g/mol. The molecule has 0 aliphatic rings. The molecule has 0 bridgehead atoms. The van der Waals surface area contributed by atoms with Crippen LogP contribution >= 0.6 is 23.8 Å². The molecular formula is C15H25N5O3S2. The highest BCUT2D eigenvalue weighted by atomic mass is 32.1. The minimum atomic E-state index is -0.514. The van der Waals surface area contributed by atoms with E-state index in [9.17, 15) is 4.79 Å². The number of hydrogen-bond donors (Lipinski definition) is 3. The molecule has 0 spiro atoms. The second kappa shape index (κ2) is 11.7. The molecule has 0 aliphatic heterocycles. The molecule has 25 heavy (non-hydrogen) atoms. The molecule has 0 atom stereocenters. The van der Waals surface area contributed by atoms with Gasteiger partial charge >= 0.3 is 6.09 Å². The highest BCUT2D eigenvalue weighted by Crippen LogP contribution is 2.25. The summed E-state index contributed by atoms with van der Waals surface area (Å²) in [6, 6.07) is 0. The van der Waals surface area contributed by atoms with E-state index in [0.29, 0.717) is 42.2 Å². The van der Waals surface area contributed by atoms with E-state index >= 15 is 0 Å². The minimum absolute atomic E-state index is 0.302. The molecule has 140 valence electrons. The van der Waals surface area contributed by atoms with Gasteiger partial charge in [0.25, 0.3) is 0 Å². The van der Waals surface area contributed by atoms with Crippen molar-refractivity contribution in [2.75, 3.05) is 31.7 Å². The van der Waals surface area contributed by atoms with Gasteiger partial charge in [-0.05, 0) is 57.9 Å². The number of carbonyl (C=O) groups excluding carboxylic acids is 1. The Kier molecular flexibility index (Phi) is 9.97. The van der Waals surface area contributed by atoms with Crippen molar-refractivity contribution < 1.29 is 14.3 Å². The SMILES string of the molecule is CCOCCCNC(=S)N/N=C(\C)c1c(C)nsc1NC(=O)OCC. The highest BCUT2D eigenvalue weighted by Gasteiger charge is 2.16. The summed E-state index contributed by atoms with van der Waals surface area (Å²) in [7, 11) is 0. The lowest BCUT2D eigenvalue weighted by Crippen LogP contribution is -2.33. The number of carbonyl (C=O) groups is 1. The van der Waals surface area contributed by atoms with Crippen LogP contribution in [-0.2, 0) is 9.47 Å². The zero-order valence-corrected chi connectivity index (χ0v) is 16.6. The van der Waals surface area contributed by atoms with Crippen LogP contribution in [0.15, 0.2) is 5.10 Å². The number of nitrogens with zero attached hydrogens (tertiary/aromatic N) is 2. The van der Waals surface area contributed by atoms with Crippen molar-refractivity contribution in [2.45, 2.75) is 34.1 Å². The molecule has 0 saturated carbocycles. The number of thiocarbonyl (C=S) groups is 1. The van der Waals surface area contributed by atoms with E-state index in [-0.39, 0.29) is 0 Å². The van der Waals surface area contributed by atoms with Crippen molar-refractivity contribution in [1.29, 1.82) is 0 Å². The third kappa shape index (κ3) is 7.76. The number of amides is 1. The van der Waals surface area contributed by atoms with Gasteiger partial charge in [0.2, 0.25) is 0 Å². The summed E-state index contributed by atoms with van der Waals surface area (Å²) in [6.07, 6.45) is 0.346. The monoisotopic (exact) mass is 387 g/mol. The summed E-state index contributed by atoms with van der Waals surface area (Å²) in [5.41, 5.74) is 4.99. The molecule has 0 unspecified atom stereocenters. The summed E-state index contributed by atoms with van der Waals surface area (Å²) < 4.78 is 14.4. The fourth-order valence-corrected chi connectivity index (χ4v) is 2.87. The van der Waals surface area contributed by atoms with E-state index in [1.165, 1.54) is 11.5 Å². The molecule has 1 aromatic rings. The van der Waals surface area contributed by atoms with Crippen LogP contribution in [-0.4, -0.2) is 47.7 Å². The van der Waals surface area contributed by atoms with Gasteiger partial charge < -0.3 is 14.8 Å². The van der Waals surface area contributed by atoms with Crippen LogP contribution in [0.4, 0.5) is 9.80 Å². The third-order valence-corrected chi connectivity index (χ3v) is 4.09. The topological polar surface area (TPSA) is 96.9 Å². The number of aryl methyl sites for hydroxylation is 1. The van der Waals surface area contributed by atoms with Crippen LogP contribution < -0.4 is 16.1 Å². The maximum Gasteiger partial charge on any atom is 0.412 e. The molecule has 8 nitrogen and oxygen atoms in total. The lowest BCUT2D eigenvalue weighted by molar-refractivity contribution is 0.145. The number of hydrazone groups is 1. The molecule has 1 aromatic heterocycles. The van der Waals surface area contributed by atoms with E-state index in [0.717, 1.165) is 17.7 Å². The number of hydrogen-bond acceptors (Lipinski definition) is 7. The van der Waals surface area contributed by atoms with Gasteiger partial charge in [0, 0.05) is 19.8 Å².